The molecule has 1 aromatic rings. The summed E-state index contributed by atoms with van der Waals surface area (Å²) in [5.74, 6) is 1.58. The van der Waals surface area contributed by atoms with Crippen molar-refractivity contribution in [3.05, 3.63) is 29.6 Å². The molecule has 2 heterocycles. The van der Waals surface area contributed by atoms with Gasteiger partial charge in [0, 0.05) is 72.7 Å². The van der Waals surface area contributed by atoms with Gasteiger partial charge in [-0.2, -0.15) is 0 Å². The third-order valence-corrected chi connectivity index (χ3v) is 5.95. The lowest BCUT2D eigenvalue weighted by Gasteiger charge is -2.36. The van der Waals surface area contributed by atoms with E-state index in [1.807, 2.05) is 13.1 Å². The van der Waals surface area contributed by atoms with Crippen LogP contribution in [-0.4, -0.2) is 89.1 Å². The lowest BCUT2D eigenvalue weighted by atomic mass is 10.0. The Labute approximate surface area is 208 Å². The van der Waals surface area contributed by atoms with Gasteiger partial charge in [-0.3, -0.25) is 9.89 Å². The summed E-state index contributed by atoms with van der Waals surface area (Å²) in [6, 6.07) is 5.19. The second kappa shape index (κ2) is 14.9. The smallest absolute Gasteiger partial charge is 0.193 e. The topological polar surface area (TPSA) is 58.6 Å². The highest BCUT2D eigenvalue weighted by Gasteiger charge is 2.20. The summed E-state index contributed by atoms with van der Waals surface area (Å²) in [5, 5.41) is 3.46. The molecule has 0 bridgehead atoms. The van der Waals surface area contributed by atoms with Crippen molar-refractivity contribution in [3.8, 4) is 5.75 Å². The molecule has 182 valence electrons. The van der Waals surface area contributed by atoms with Crippen LogP contribution >= 0.6 is 24.0 Å². The number of methoxy groups -OCH3 is 1. The maximum absolute atomic E-state index is 13.9. The fraction of sp³-hybridized carbons (Fsp3) is 0.696. The van der Waals surface area contributed by atoms with Crippen LogP contribution in [0.15, 0.2) is 23.2 Å². The van der Waals surface area contributed by atoms with Gasteiger partial charge >= 0.3 is 0 Å². The van der Waals surface area contributed by atoms with Crippen molar-refractivity contribution in [2.24, 2.45) is 10.9 Å². The minimum atomic E-state index is -0.306. The second-order valence-corrected chi connectivity index (χ2v) is 8.19. The zero-order chi connectivity index (χ0) is 21.9. The zero-order valence-corrected chi connectivity index (χ0v) is 21.7. The molecule has 2 fully saturated rings. The first-order chi connectivity index (χ1) is 15.2. The molecule has 0 spiro atoms. The minimum Gasteiger partial charge on any atom is -0.494 e. The van der Waals surface area contributed by atoms with E-state index in [1.54, 1.807) is 12.1 Å². The third kappa shape index (κ3) is 8.64. The summed E-state index contributed by atoms with van der Waals surface area (Å²) in [4.78, 5) is 9.07. The number of nitrogens with one attached hydrogen (secondary N) is 1. The van der Waals surface area contributed by atoms with Crippen LogP contribution < -0.4 is 10.1 Å². The maximum Gasteiger partial charge on any atom is 0.193 e. The van der Waals surface area contributed by atoms with Crippen LogP contribution in [0.25, 0.3) is 0 Å². The lowest BCUT2D eigenvalue weighted by Crippen LogP contribution is -2.52. The van der Waals surface area contributed by atoms with Crippen molar-refractivity contribution in [1.29, 1.82) is 0 Å². The standard InChI is InChI=1S/C23H37FN4O3.HI/c1-25-23(26-8-3-13-31-18-19-6-14-30-15-7-19)28-11-9-27(10-12-28)17-20-4-5-22(29-2)21(24)16-20;/h4-5,16,19H,3,6-15,17-18H2,1-2H3,(H,25,26);1H. The van der Waals surface area contributed by atoms with Gasteiger partial charge in [0.05, 0.1) is 7.11 Å². The molecular weight excluding hydrogens is 526 g/mol. The Bertz CT molecular complexity index is 696. The fourth-order valence-corrected chi connectivity index (χ4v) is 4.05. The van der Waals surface area contributed by atoms with Gasteiger partial charge in [-0.05, 0) is 42.9 Å². The molecule has 2 aliphatic heterocycles. The van der Waals surface area contributed by atoms with Crippen LogP contribution in [-0.2, 0) is 16.0 Å². The molecule has 0 unspecified atom stereocenters. The quantitative estimate of drug-likeness (QED) is 0.216. The summed E-state index contributed by atoms with van der Waals surface area (Å²) in [5.41, 5.74) is 0.968. The van der Waals surface area contributed by atoms with Gasteiger partial charge in [-0.25, -0.2) is 4.39 Å². The molecule has 3 rings (SSSR count). The van der Waals surface area contributed by atoms with E-state index in [9.17, 15) is 4.39 Å². The molecule has 0 atom stereocenters. The Morgan fingerprint density at radius 2 is 1.97 bits per heavy atom. The molecule has 9 heteroatoms. The van der Waals surface area contributed by atoms with Gasteiger partial charge in [0.15, 0.2) is 17.5 Å². The van der Waals surface area contributed by atoms with E-state index in [2.05, 4.69) is 20.1 Å². The highest BCUT2D eigenvalue weighted by molar-refractivity contribution is 14.0. The number of ether oxygens (including phenoxy) is 3. The Morgan fingerprint density at radius 3 is 2.62 bits per heavy atom. The lowest BCUT2D eigenvalue weighted by molar-refractivity contribution is 0.0203. The number of halogens is 2. The molecule has 1 N–H and O–H groups in total. The van der Waals surface area contributed by atoms with Gasteiger partial charge in [0.1, 0.15) is 0 Å². The van der Waals surface area contributed by atoms with Crippen LogP contribution in [0.3, 0.4) is 0 Å². The van der Waals surface area contributed by atoms with E-state index in [0.717, 1.165) is 96.5 Å². The molecule has 0 amide bonds. The number of aliphatic imine (C=N–C) groups is 1. The number of benzene rings is 1. The number of guanidine groups is 1. The predicted octanol–water partition coefficient (Wildman–Crippen LogP) is 2.98. The summed E-state index contributed by atoms with van der Waals surface area (Å²) >= 11 is 0. The van der Waals surface area contributed by atoms with E-state index >= 15 is 0 Å². The minimum absolute atomic E-state index is 0. The second-order valence-electron chi connectivity index (χ2n) is 8.19. The van der Waals surface area contributed by atoms with Gasteiger partial charge in [0.2, 0.25) is 0 Å². The first-order valence-corrected chi connectivity index (χ1v) is 11.4. The van der Waals surface area contributed by atoms with Gasteiger partial charge in [0.25, 0.3) is 0 Å². The zero-order valence-electron chi connectivity index (χ0n) is 19.4. The average molecular weight is 564 g/mol. The number of rotatable bonds is 9. The summed E-state index contributed by atoms with van der Waals surface area (Å²) in [6.45, 7) is 8.59. The van der Waals surface area contributed by atoms with Crippen molar-refractivity contribution in [3.63, 3.8) is 0 Å². The van der Waals surface area contributed by atoms with Crippen LogP contribution in [0.1, 0.15) is 24.8 Å². The molecule has 1 aromatic carbocycles. The van der Waals surface area contributed by atoms with Crippen molar-refractivity contribution in [2.45, 2.75) is 25.8 Å². The molecular formula is C23H38FIN4O3. The van der Waals surface area contributed by atoms with Crippen LogP contribution in [0, 0.1) is 11.7 Å². The van der Waals surface area contributed by atoms with E-state index in [1.165, 1.54) is 7.11 Å². The van der Waals surface area contributed by atoms with Gasteiger partial charge < -0.3 is 24.4 Å². The number of hydrogen-bond acceptors (Lipinski definition) is 5. The highest BCUT2D eigenvalue weighted by Crippen LogP contribution is 2.19. The Morgan fingerprint density at radius 1 is 1.22 bits per heavy atom. The van der Waals surface area contributed by atoms with Gasteiger partial charge in [-0.15, -0.1) is 24.0 Å². The molecule has 32 heavy (non-hydrogen) atoms. The van der Waals surface area contributed by atoms with Crippen LogP contribution in [0.4, 0.5) is 4.39 Å². The van der Waals surface area contributed by atoms with E-state index < -0.39 is 0 Å². The first-order valence-electron chi connectivity index (χ1n) is 11.4. The molecule has 2 aliphatic rings. The highest BCUT2D eigenvalue weighted by atomic mass is 127. The van der Waals surface area contributed by atoms with Gasteiger partial charge in [-0.1, -0.05) is 6.07 Å². The normalized spacial score (nSPS) is 18.3. The van der Waals surface area contributed by atoms with Crippen LogP contribution in [0.5, 0.6) is 5.75 Å². The summed E-state index contributed by atoms with van der Waals surface area (Å²) in [7, 11) is 3.31. The van der Waals surface area contributed by atoms with E-state index in [0.29, 0.717) is 5.92 Å². The largest absolute Gasteiger partial charge is 0.494 e. The molecule has 0 radical (unpaired) electrons. The first kappa shape index (κ1) is 27.1. The number of nitrogens with zero attached hydrogens (tertiary/aromatic N) is 3. The van der Waals surface area contributed by atoms with Crippen molar-refractivity contribution < 1.29 is 18.6 Å². The summed E-state index contributed by atoms with van der Waals surface area (Å²) in [6.07, 6.45) is 3.19. The Hall–Kier alpha value is -1.17. The van der Waals surface area contributed by atoms with Crippen molar-refractivity contribution >= 4 is 29.9 Å². The molecule has 2 saturated heterocycles. The Kier molecular flexibility index (Phi) is 12.6. The van der Waals surface area contributed by atoms with Crippen molar-refractivity contribution in [2.75, 3.05) is 73.3 Å². The predicted molar refractivity (Wildman–Crippen MR) is 136 cm³/mol. The van der Waals surface area contributed by atoms with E-state index in [4.69, 9.17) is 14.2 Å². The monoisotopic (exact) mass is 564 g/mol. The fourth-order valence-electron chi connectivity index (χ4n) is 4.05. The third-order valence-electron chi connectivity index (χ3n) is 5.95. The van der Waals surface area contributed by atoms with Crippen LogP contribution in [0.2, 0.25) is 0 Å². The Balaban J connectivity index is 0.00000363. The maximum atomic E-state index is 13.9. The van der Waals surface area contributed by atoms with Crippen molar-refractivity contribution in [1.82, 2.24) is 15.1 Å². The molecule has 0 aliphatic carbocycles. The summed E-state index contributed by atoms with van der Waals surface area (Å²) < 4.78 is 30.1. The van der Waals surface area contributed by atoms with E-state index in [-0.39, 0.29) is 35.5 Å². The average Bonchev–Trinajstić information content (AvgIpc) is 2.80. The molecule has 7 nitrogen and oxygen atoms in total. The molecule has 0 aromatic heterocycles. The number of hydrogen-bond donors (Lipinski definition) is 1. The number of piperazine rings is 1. The molecule has 0 saturated carbocycles. The SMILES string of the molecule is CN=C(NCCCOCC1CCOCC1)N1CCN(Cc2ccc(OC)c(F)c2)CC1.I.